The summed E-state index contributed by atoms with van der Waals surface area (Å²) in [6, 6.07) is 5.89. The van der Waals surface area contributed by atoms with Crippen molar-refractivity contribution in [2.75, 3.05) is 12.4 Å². The molecule has 3 rings (SSSR count). The van der Waals surface area contributed by atoms with Crippen molar-refractivity contribution in [3.63, 3.8) is 0 Å². The molecule has 0 bridgehead atoms. The molecule has 1 aliphatic rings. The highest BCUT2D eigenvalue weighted by Crippen LogP contribution is 2.23. The van der Waals surface area contributed by atoms with Crippen molar-refractivity contribution in [1.82, 2.24) is 15.3 Å². The van der Waals surface area contributed by atoms with E-state index in [9.17, 15) is 4.79 Å². The molecule has 1 aromatic heterocycles. The summed E-state index contributed by atoms with van der Waals surface area (Å²) in [6.45, 7) is 4.09. The first-order valence-electron chi connectivity index (χ1n) is 9.21. The summed E-state index contributed by atoms with van der Waals surface area (Å²) in [4.78, 5) is 20.5. The Hall–Kier alpha value is -2.83. The molecule has 0 atom stereocenters. The van der Waals surface area contributed by atoms with E-state index < -0.39 is 0 Å². The zero-order chi connectivity index (χ0) is 19.2. The third-order valence-corrected chi connectivity index (χ3v) is 4.86. The van der Waals surface area contributed by atoms with E-state index in [0.29, 0.717) is 11.8 Å². The summed E-state index contributed by atoms with van der Waals surface area (Å²) in [6.07, 6.45) is 6.64. The average molecular weight is 370 g/mol. The highest BCUT2D eigenvalue weighted by atomic mass is 16.5. The van der Waals surface area contributed by atoms with Gasteiger partial charge < -0.3 is 20.1 Å². The fourth-order valence-electron chi connectivity index (χ4n) is 3.15. The summed E-state index contributed by atoms with van der Waals surface area (Å²) < 4.78 is 10.9. The fourth-order valence-corrected chi connectivity index (χ4v) is 3.15. The van der Waals surface area contributed by atoms with Crippen molar-refractivity contribution in [1.29, 1.82) is 0 Å². The molecule has 0 saturated heterocycles. The first-order chi connectivity index (χ1) is 13.0. The molecule has 0 spiro atoms. The summed E-state index contributed by atoms with van der Waals surface area (Å²) in [5.74, 6) is 0.907. The highest BCUT2D eigenvalue weighted by molar-refractivity contribution is 5.89. The summed E-state index contributed by atoms with van der Waals surface area (Å²) >= 11 is 0. The molecule has 0 unspecified atom stereocenters. The van der Waals surface area contributed by atoms with Crippen LogP contribution in [0, 0.1) is 13.8 Å². The monoisotopic (exact) mass is 370 g/mol. The van der Waals surface area contributed by atoms with E-state index in [0.717, 1.165) is 36.9 Å². The Labute approximate surface area is 159 Å². The lowest BCUT2D eigenvalue weighted by molar-refractivity contribution is 0.134. The van der Waals surface area contributed by atoms with Gasteiger partial charge in [0.25, 0.3) is 0 Å². The first-order valence-corrected chi connectivity index (χ1v) is 9.21. The molecule has 2 aromatic rings. The molecule has 7 heteroatoms. The van der Waals surface area contributed by atoms with Crippen molar-refractivity contribution < 1.29 is 14.3 Å². The number of methoxy groups -OCH3 is 1. The van der Waals surface area contributed by atoms with E-state index in [1.807, 2.05) is 25.1 Å². The lowest BCUT2D eigenvalue weighted by atomic mass is 9.93. The lowest BCUT2D eigenvalue weighted by Gasteiger charge is -2.29. The van der Waals surface area contributed by atoms with E-state index in [-0.39, 0.29) is 18.2 Å². The van der Waals surface area contributed by atoms with Crippen LogP contribution in [-0.4, -0.2) is 35.3 Å². The van der Waals surface area contributed by atoms with Crippen LogP contribution in [-0.2, 0) is 0 Å². The summed E-state index contributed by atoms with van der Waals surface area (Å²) in [5, 5.41) is 5.96. The maximum atomic E-state index is 12.2. The number of hydrogen-bond donors (Lipinski definition) is 2. The van der Waals surface area contributed by atoms with Gasteiger partial charge >= 0.3 is 6.03 Å². The predicted molar refractivity (Wildman–Crippen MR) is 103 cm³/mol. The van der Waals surface area contributed by atoms with Crippen LogP contribution in [0.3, 0.4) is 0 Å². The topological polar surface area (TPSA) is 85.4 Å². The number of aromatic nitrogens is 2. The number of ether oxygens (including phenoxy) is 2. The van der Waals surface area contributed by atoms with E-state index in [4.69, 9.17) is 9.47 Å². The van der Waals surface area contributed by atoms with Crippen LogP contribution in [0.4, 0.5) is 10.5 Å². The van der Waals surface area contributed by atoms with E-state index in [2.05, 4.69) is 27.5 Å². The molecule has 27 heavy (non-hydrogen) atoms. The van der Waals surface area contributed by atoms with Gasteiger partial charge in [-0.15, -0.1) is 0 Å². The summed E-state index contributed by atoms with van der Waals surface area (Å²) in [7, 11) is 1.55. The van der Waals surface area contributed by atoms with Gasteiger partial charge in [-0.3, -0.25) is 4.98 Å². The zero-order valence-corrected chi connectivity index (χ0v) is 16.0. The number of carbonyl (C=O) groups is 1. The number of carbonyl (C=O) groups excluding carboxylic acids is 1. The first kappa shape index (κ1) is 18.9. The molecule has 1 aliphatic carbocycles. The fraction of sp³-hybridized carbons (Fsp3) is 0.450. The predicted octanol–water partition coefficient (Wildman–Crippen LogP) is 3.61. The minimum atomic E-state index is -0.165. The van der Waals surface area contributed by atoms with Gasteiger partial charge in [-0.1, -0.05) is 6.07 Å². The largest absolute Gasteiger partial charge is 0.480 e. The van der Waals surface area contributed by atoms with E-state index >= 15 is 0 Å². The second-order valence-electron chi connectivity index (χ2n) is 6.89. The Bertz CT molecular complexity index is 789. The normalized spacial score (nSPS) is 19.2. The number of hydrogen-bond acceptors (Lipinski definition) is 5. The summed E-state index contributed by atoms with van der Waals surface area (Å²) in [5.41, 5.74) is 3.18. The molecule has 1 saturated carbocycles. The standard InChI is InChI=1S/C20H26N4O3/c1-13-4-5-16(10-14(13)2)23-20(25)22-15-6-8-17(9-7-15)27-19-12-21-11-18(24-19)26-3/h4-5,10-12,15,17H,6-9H2,1-3H3,(H2,22,23,25). The van der Waals surface area contributed by atoms with Gasteiger partial charge in [0.15, 0.2) is 0 Å². The molecule has 2 N–H and O–H groups in total. The van der Waals surface area contributed by atoms with Crippen LogP contribution in [0.2, 0.25) is 0 Å². The van der Waals surface area contributed by atoms with Crippen LogP contribution >= 0.6 is 0 Å². The van der Waals surface area contributed by atoms with Crippen LogP contribution in [0.25, 0.3) is 0 Å². The van der Waals surface area contributed by atoms with Crippen LogP contribution in [0.1, 0.15) is 36.8 Å². The van der Waals surface area contributed by atoms with Gasteiger partial charge in [0, 0.05) is 11.7 Å². The third kappa shape index (κ3) is 5.32. The van der Waals surface area contributed by atoms with Crippen molar-refractivity contribution in [2.45, 2.75) is 51.7 Å². The Morgan fingerprint density at radius 1 is 1.07 bits per heavy atom. The van der Waals surface area contributed by atoms with Gasteiger partial charge in [-0.2, -0.15) is 4.98 Å². The van der Waals surface area contributed by atoms with Gasteiger partial charge in [0.2, 0.25) is 11.8 Å². The highest BCUT2D eigenvalue weighted by Gasteiger charge is 2.24. The third-order valence-electron chi connectivity index (χ3n) is 4.86. The molecule has 1 heterocycles. The lowest BCUT2D eigenvalue weighted by Crippen LogP contribution is -2.41. The average Bonchev–Trinajstić information content (AvgIpc) is 2.66. The smallest absolute Gasteiger partial charge is 0.319 e. The van der Waals surface area contributed by atoms with Gasteiger partial charge in [-0.05, 0) is 62.8 Å². The van der Waals surface area contributed by atoms with Gasteiger partial charge in [-0.25, -0.2) is 4.79 Å². The second-order valence-corrected chi connectivity index (χ2v) is 6.89. The van der Waals surface area contributed by atoms with Crippen LogP contribution in [0.5, 0.6) is 11.8 Å². The van der Waals surface area contributed by atoms with Crippen LogP contribution < -0.4 is 20.1 Å². The number of amides is 2. The van der Waals surface area contributed by atoms with Gasteiger partial charge in [0.1, 0.15) is 6.10 Å². The molecular weight excluding hydrogens is 344 g/mol. The Kier molecular flexibility index (Phi) is 6.11. The molecule has 144 valence electrons. The molecule has 2 amide bonds. The minimum Gasteiger partial charge on any atom is -0.480 e. The van der Waals surface area contributed by atoms with Gasteiger partial charge in [0.05, 0.1) is 19.5 Å². The maximum absolute atomic E-state index is 12.2. The molecular formula is C20H26N4O3. The number of rotatable bonds is 5. The molecule has 1 aromatic carbocycles. The van der Waals surface area contributed by atoms with Crippen molar-refractivity contribution in [3.05, 3.63) is 41.7 Å². The number of benzene rings is 1. The van der Waals surface area contributed by atoms with Crippen molar-refractivity contribution in [2.24, 2.45) is 0 Å². The zero-order valence-electron chi connectivity index (χ0n) is 16.0. The number of nitrogens with one attached hydrogen (secondary N) is 2. The second kappa shape index (κ2) is 8.70. The quantitative estimate of drug-likeness (QED) is 0.840. The number of nitrogens with zero attached hydrogens (tertiary/aromatic N) is 2. The Balaban J connectivity index is 1.44. The Morgan fingerprint density at radius 2 is 1.81 bits per heavy atom. The van der Waals surface area contributed by atoms with Crippen LogP contribution in [0.15, 0.2) is 30.6 Å². The Morgan fingerprint density at radius 3 is 2.52 bits per heavy atom. The van der Waals surface area contributed by atoms with Crippen molar-refractivity contribution in [3.8, 4) is 11.8 Å². The van der Waals surface area contributed by atoms with E-state index in [1.54, 1.807) is 19.5 Å². The minimum absolute atomic E-state index is 0.0762. The van der Waals surface area contributed by atoms with Crippen molar-refractivity contribution >= 4 is 11.7 Å². The number of anilines is 1. The molecule has 0 aliphatic heterocycles. The molecule has 0 radical (unpaired) electrons. The maximum Gasteiger partial charge on any atom is 0.319 e. The molecule has 1 fully saturated rings. The molecule has 7 nitrogen and oxygen atoms in total. The van der Waals surface area contributed by atoms with E-state index in [1.165, 1.54) is 5.56 Å². The SMILES string of the molecule is COc1cncc(OC2CCC(NC(=O)Nc3ccc(C)c(C)c3)CC2)n1. The number of aryl methyl sites for hydroxylation is 2. The number of urea groups is 1.